The molecule has 1 aliphatic heterocycles. The average molecular weight is 604 g/mol. The first kappa shape index (κ1) is 27.5. The number of hydrogen-bond acceptors (Lipinski definition) is 8. The second-order valence-corrected chi connectivity index (χ2v) is 11.5. The molecule has 0 saturated carbocycles. The van der Waals surface area contributed by atoms with Crippen molar-refractivity contribution in [1.82, 2.24) is 4.57 Å². The van der Waals surface area contributed by atoms with E-state index < -0.39 is 11.0 Å². The summed E-state index contributed by atoms with van der Waals surface area (Å²) in [7, 11) is 0. The van der Waals surface area contributed by atoms with E-state index in [9.17, 15) is 19.7 Å². The Hall–Kier alpha value is -5.35. The highest BCUT2D eigenvalue weighted by atomic mass is 32.1. The van der Waals surface area contributed by atoms with Crippen LogP contribution in [-0.4, -0.2) is 22.1 Å². The largest absolute Gasteiger partial charge is 0.462 e. The number of aryl methyl sites for hydroxylation is 1. The number of fused-ring (bicyclic) bond motifs is 3. The number of aromatic nitrogens is 1. The van der Waals surface area contributed by atoms with Crippen molar-refractivity contribution >= 4 is 34.8 Å². The van der Waals surface area contributed by atoms with Crippen LogP contribution in [-0.2, 0) is 11.2 Å². The molecule has 9 nitrogen and oxygen atoms in total. The van der Waals surface area contributed by atoms with Crippen LogP contribution in [0.3, 0.4) is 0 Å². The van der Waals surface area contributed by atoms with E-state index in [1.165, 1.54) is 23.0 Å². The zero-order valence-corrected chi connectivity index (χ0v) is 24.4. The van der Waals surface area contributed by atoms with Crippen molar-refractivity contribution in [3.63, 3.8) is 0 Å². The second-order valence-electron chi connectivity index (χ2n) is 10.5. The van der Waals surface area contributed by atoms with Crippen LogP contribution < -0.4 is 14.9 Å². The maximum absolute atomic E-state index is 14.0. The summed E-state index contributed by atoms with van der Waals surface area (Å²) in [6, 6.07) is 24.6. The molecule has 0 spiro atoms. The van der Waals surface area contributed by atoms with Gasteiger partial charge in [0.2, 0.25) is 0 Å². The Labute approximate surface area is 254 Å². The van der Waals surface area contributed by atoms with Crippen molar-refractivity contribution in [3.8, 4) is 11.3 Å². The van der Waals surface area contributed by atoms with Crippen LogP contribution >= 0.6 is 11.3 Å². The minimum atomic E-state index is -0.526. The summed E-state index contributed by atoms with van der Waals surface area (Å²) >= 11 is 1.26. The maximum Gasteiger partial charge on any atom is 0.338 e. The maximum atomic E-state index is 14.0. The summed E-state index contributed by atoms with van der Waals surface area (Å²) in [5, 5.41) is 11.7. The van der Waals surface area contributed by atoms with Gasteiger partial charge in [-0.05, 0) is 60.7 Å². The molecule has 0 amide bonds. The highest BCUT2D eigenvalue weighted by molar-refractivity contribution is 7.07. The minimum Gasteiger partial charge on any atom is -0.462 e. The highest BCUT2D eigenvalue weighted by Crippen LogP contribution is 2.41. The van der Waals surface area contributed by atoms with Crippen molar-refractivity contribution in [2.45, 2.75) is 25.8 Å². The number of nitro groups is 1. The van der Waals surface area contributed by atoms with Gasteiger partial charge in [0.05, 0.1) is 33.4 Å². The predicted molar refractivity (Wildman–Crippen MR) is 166 cm³/mol. The van der Waals surface area contributed by atoms with Gasteiger partial charge in [0.15, 0.2) is 4.80 Å². The predicted octanol–water partition coefficient (Wildman–Crippen LogP) is 5.66. The summed E-state index contributed by atoms with van der Waals surface area (Å²) < 4.78 is 13.2. The van der Waals surface area contributed by atoms with E-state index in [1.807, 2.05) is 30.3 Å². The molecule has 3 heterocycles. The summed E-state index contributed by atoms with van der Waals surface area (Å²) in [6.45, 7) is 2.06. The number of nitrogens with zero attached hydrogens (tertiary/aromatic N) is 3. The van der Waals surface area contributed by atoms with E-state index in [2.05, 4.69) is 6.07 Å². The first-order chi connectivity index (χ1) is 21.4. The third-order valence-corrected chi connectivity index (χ3v) is 8.83. The number of carbonyl (C=O) groups is 1. The molecule has 0 bridgehead atoms. The van der Waals surface area contributed by atoms with Crippen molar-refractivity contribution in [2.75, 3.05) is 6.61 Å². The monoisotopic (exact) mass is 603 g/mol. The van der Waals surface area contributed by atoms with Gasteiger partial charge in [-0.2, -0.15) is 0 Å². The van der Waals surface area contributed by atoms with E-state index in [0.29, 0.717) is 45.0 Å². The molecule has 1 atom stereocenters. The van der Waals surface area contributed by atoms with Gasteiger partial charge < -0.3 is 9.15 Å². The number of esters is 1. The fourth-order valence-corrected chi connectivity index (χ4v) is 6.81. The van der Waals surface area contributed by atoms with E-state index >= 15 is 0 Å². The summed E-state index contributed by atoms with van der Waals surface area (Å²) in [6.07, 6.45) is 3.17. The number of nitro benzene ring substituents is 1. The molecule has 10 heteroatoms. The molecule has 0 N–H and O–H groups in total. The van der Waals surface area contributed by atoms with E-state index in [-0.39, 0.29) is 17.2 Å². The number of furan rings is 1. The Kier molecular flexibility index (Phi) is 6.90. The van der Waals surface area contributed by atoms with Crippen LogP contribution in [0.15, 0.2) is 105 Å². The minimum absolute atomic E-state index is 0.0293. The van der Waals surface area contributed by atoms with Crippen LogP contribution in [0.4, 0.5) is 5.69 Å². The molecule has 5 aromatic rings. The first-order valence-electron chi connectivity index (χ1n) is 14.2. The number of rotatable bonds is 6. The second kappa shape index (κ2) is 11.1. The molecule has 2 aromatic heterocycles. The molecular weight excluding hydrogens is 578 g/mol. The van der Waals surface area contributed by atoms with Crippen molar-refractivity contribution in [1.29, 1.82) is 0 Å². The molecule has 3 aromatic carbocycles. The number of allylic oxidation sites excluding steroid dienone is 1. The SMILES string of the molecule is CCOC(=O)c1ccc(-c2ccc(/C=c3/sc4n(c3=O)[C@H](c3cccc([N+](=O)[O-])c3)C3=C(N=4)c4ccccc4CC3)o2)cc1. The Morgan fingerprint density at radius 2 is 1.91 bits per heavy atom. The van der Waals surface area contributed by atoms with Gasteiger partial charge in [-0.3, -0.25) is 19.5 Å². The van der Waals surface area contributed by atoms with Crippen LogP contribution in [0.5, 0.6) is 0 Å². The molecule has 44 heavy (non-hydrogen) atoms. The summed E-state index contributed by atoms with van der Waals surface area (Å²) in [4.78, 5) is 42.8. The van der Waals surface area contributed by atoms with E-state index in [1.54, 1.807) is 60.0 Å². The van der Waals surface area contributed by atoms with Gasteiger partial charge in [-0.15, -0.1) is 0 Å². The van der Waals surface area contributed by atoms with Crippen LogP contribution in [0.2, 0.25) is 0 Å². The average Bonchev–Trinajstić information content (AvgIpc) is 3.64. The lowest BCUT2D eigenvalue weighted by atomic mass is 9.83. The zero-order chi connectivity index (χ0) is 30.4. The van der Waals surface area contributed by atoms with E-state index in [4.69, 9.17) is 14.1 Å². The molecule has 2 aliphatic rings. The molecular formula is C34H25N3O6S. The van der Waals surface area contributed by atoms with Gasteiger partial charge in [0.1, 0.15) is 11.5 Å². The highest BCUT2D eigenvalue weighted by Gasteiger charge is 2.33. The fourth-order valence-electron chi connectivity index (χ4n) is 5.83. The Morgan fingerprint density at radius 1 is 1.09 bits per heavy atom. The van der Waals surface area contributed by atoms with Crippen molar-refractivity contribution in [3.05, 3.63) is 148 Å². The Bertz CT molecular complexity index is 2170. The normalized spacial score (nSPS) is 15.7. The number of non-ortho nitro benzene ring substituents is 1. The standard InChI is InChI=1S/C34H25N3O6S/c1-2-42-33(39)22-12-10-21(11-13-22)28-17-15-25(43-28)19-29-32(38)36-31(23-7-5-8-24(18-23)37(40)41)27-16-14-20-6-3-4-9-26(20)30(27)35-34(36)44-29/h3-13,15,17-19,31H,2,14,16H2,1H3/b29-19+/t31-/m1/s1. The van der Waals surface area contributed by atoms with Gasteiger partial charge in [0, 0.05) is 29.3 Å². The lowest BCUT2D eigenvalue weighted by Crippen LogP contribution is -2.38. The Balaban J connectivity index is 1.33. The molecule has 0 fully saturated rings. The van der Waals surface area contributed by atoms with Crippen LogP contribution in [0, 0.1) is 10.1 Å². The summed E-state index contributed by atoms with van der Waals surface area (Å²) in [5.41, 5.74) is 5.61. The van der Waals surface area contributed by atoms with Gasteiger partial charge in [-0.25, -0.2) is 9.79 Å². The third kappa shape index (κ3) is 4.79. The van der Waals surface area contributed by atoms with Crippen molar-refractivity contribution in [2.24, 2.45) is 4.99 Å². The summed E-state index contributed by atoms with van der Waals surface area (Å²) in [5.74, 6) is 0.685. The number of thiazole rings is 1. The fraction of sp³-hybridized carbons (Fsp3) is 0.147. The molecule has 1 aliphatic carbocycles. The molecule has 0 radical (unpaired) electrons. The smallest absolute Gasteiger partial charge is 0.338 e. The Morgan fingerprint density at radius 3 is 2.70 bits per heavy atom. The number of ether oxygens (including phenoxy) is 1. The zero-order valence-electron chi connectivity index (χ0n) is 23.6. The van der Waals surface area contributed by atoms with Gasteiger partial charge in [-0.1, -0.05) is 59.9 Å². The number of benzene rings is 3. The molecule has 218 valence electrons. The van der Waals surface area contributed by atoms with Crippen LogP contribution in [0.25, 0.3) is 23.1 Å². The third-order valence-electron chi connectivity index (χ3n) is 7.85. The molecule has 0 unspecified atom stereocenters. The molecule has 7 rings (SSSR count). The topological polar surface area (TPSA) is 117 Å². The first-order valence-corrected chi connectivity index (χ1v) is 15.0. The number of carbonyl (C=O) groups excluding carboxylic acids is 1. The molecule has 0 saturated heterocycles. The lowest BCUT2D eigenvalue weighted by molar-refractivity contribution is -0.384. The van der Waals surface area contributed by atoms with Gasteiger partial charge in [0.25, 0.3) is 11.2 Å². The number of hydrogen-bond donors (Lipinski definition) is 0. The quantitative estimate of drug-likeness (QED) is 0.140. The van der Waals surface area contributed by atoms with Crippen LogP contribution in [0.1, 0.15) is 52.2 Å². The lowest BCUT2D eigenvalue weighted by Gasteiger charge is -2.30. The van der Waals surface area contributed by atoms with Crippen molar-refractivity contribution < 1.29 is 18.9 Å². The van der Waals surface area contributed by atoms with E-state index in [0.717, 1.165) is 28.8 Å². The van der Waals surface area contributed by atoms with Gasteiger partial charge >= 0.3 is 5.97 Å².